The summed E-state index contributed by atoms with van der Waals surface area (Å²) in [6.07, 6.45) is 4.13. The lowest BCUT2D eigenvalue weighted by molar-refractivity contribution is -0.123. The number of hydrogen-bond donors (Lipinski definition) is 3. The molecule has 166 valence electrons. The maximum atomic E-state index is 11.5. The van der Waals surface area contributed by atoms with Crippen LogP contribution in [-0.2, 0) is 22.6 Å². The number of nitrogens with zero attached hydrogens (tertiary/aromatic N) is 2. The number of aliphatic imine (C=N–C) groups is 1. The van der Waals surface area contributed by atoms with E-state index in [9.17, 15) is 4.79 Å². The third kappa shape index (κ3) is 6.71. The summed E-state index contributed by atoms with van der Waals surface area (Å²) in [5, 5.41) is 6.75. The molecule has 0 saturated carbocycles. The molecular formula is C23H37N5O2. The Balaban J connectivity index is 1.56. The van der Waals surface area contributed by atoms with Crippen molar-refractivity contribution in [1.82, 2.24) is 15.5 Å². The molecule has 2 atom stereocenters. The molecule has 0 bridgehead atoms. The monoisotopic (exact) mass is 415 g/mol. The number of piperidine rings is 1. The molecule has 7 nitrogen and oxygen atoms in total. The molecule has 2 fully saturated rings. The first-order valence-electron chi connectivity index (χ1n) is 11.2. The second-order valence-corrected chi connectivity index (χ2v) is 8.75. The highest BCUT2D eigenvalue weighted by Gasteiger charge is 2.29. The smallest absolute Gasteiger partial charge is 0.221 e. The summed E-state index contributed by atoms with van der Waals surface area (Å²) >= 11 is 0. The zero-order valence-electron chi connectivity index (χ0n) is 18.5. The van der Waals surface area contributed by atoms with E-state index in [2.05, 4.69) is 53.6 Å². The van der Waals surface area contributed by atoms with Gasteiger partial charge in [0.05, 0.1) is 18.1 Å². The van der Waals surface area contributed by atoms with Gasteiger partial charge in [-0.05, 0) is 57.2 Å². The lowest BCUT2D eigenvalue weighted by Gasteiger charge is -2.31. The number of likely N-dealkylation sites (tertiary alicyclic amines) is 1. The van der Waals surface area contributed by atoms with E-state index in [1.54, 1.807) is 0 Å². The molecule has 2 unspecified atom stereocenters. The molecule has 1 amide bonds. The van der Waals surface area contributed by atoms with Crippen LogP contribution < -0.4 is 16.4 Å². The fourth-order valence-electron chi connectivity index (χ4n) is 4.27. The van der Waals surface area contributed by atoms with Gasteiger partial charge in [-0.1, -0.05) is 24.3 Å². The molecule has 4 N–H and O–H groups in total. The van der Waals surface area contributed by atoms with Gasteiger partial charge in [0.2, 0.25) is 5.91 Å². The van der Waals surface area contributed by atoms with Gasteiger partial charge in [-0.3, -0.25) is 9.69 Å². The topological polar surface area (TPSA) is 92.0 Å². The molecule has 2 aliphatic heterocycles. The molecule has 0 spiro atoms. The van der Waals surface area contributed by atoms with Gasteiger partial charge in [-0.25, -0.2) is 4.99 Å². The molecule has 0 aliphatic carbocycles. The van der Waals surface area contributed by atoms with Crippen molar-refractivity contribution in [2.24, 2.45) is 16.6 Å². The highest BCUT2D eigenvalue weighted by molar-refractivity contribution is 5.79. The minimum atomic E-state index is -0.178. The van der Waals surface area contributed by atoms with Crippen LogP contribution >= 0.6 is 0 Å². The lowest BCUT2D eigenvalue weighted by atomic mass is 9.97. The fraction of sp³-hybridized carbons (Fsp3) is 0.652. The van der Waals surface area contributed by atoms with Gasteiger partial charge < -0.3 is 21.1 Å². The predicted molar refractivity (Wildman–Crippen MR) is 120 cm³/mol. The minimum Gasteiger partial charge on any atom is -0.373 e. The predicted octanol–water partition coefficient (Wildman–Crippen LogP) is 2.01. The zero-order chi connectivity index (χ0) is 21.4. The normalized spacial score (nSPS) is 25.3. The van der Waals surface area contributed by atoms with Gasteiger partial charge in [-0.2, -0.15) is 0 Å². The third-order valence-electron chi connectivity index (χ3n) is 6.00. The summed E-state index contributed by atoms with van der Waals surface area (Å²) in [6, 6.07) is 8.55. The van der Waals surface area contributed by atoms with Crippen LogP contribution in [0.1, 0.15) is 50.7 Å². The summed E-state index contributed by atoms with van der Waals surface area (Å²) in [6.45, 7) is 9.88. The van der Waals surface area contributed by atoms with E-state index in [-0.39, 0.29) is 17.4 Å². The van der Waals surface area contributed by atoms with Crippen molar-refractivity contribution in [1.29, 1.82) is 0 Å². The number of guanidine groups is 1. The Morgan fingerprint density at radius 1 is 1.33 bits per heavy atom. The molecule has 1 aromatic rings. The largest absolute Gasteiger partial charge is 0.373 e. The van der Waals surface area contributed by atoms with Gasteiger partial charge in [0, 0.05) is 32.8 Å². The molecule has 30 heavy (non-hydrogen) atoms. The Hall–Kier alpha value is -2.12. The van der Waals surface area contributed by atoms with Crippen molar-refractivity contribution in [2.75, 3.05) is 32.8 Å². The van der Waals surface area contributed by atoms with Crippen LogP contribution in [0, 0.1) is 5.92 Å². The number of amides is 1. The van der Waals surface area contributed by atoms with Gasteiger partial charge >= 0.3 is 0 Å². The van der Waals surface area contributed by atoms with Crippen LogP contribution in [0.2, 0.25) is 0 Å². The van der Waals surface area contributed by atoms with Gasteiger partial charge in [0.1, 0.15) is 0 Å². The van der Waals surface area contributed by atoms with Crippen molar-refractivity contribution in [3.05, 3.63) is 35.4 Å². The summed E-state index contributed by atoms with van der Waals surface area (Å²) in [5.41, 5.74) is 7.83. The number of hydrogen-bond acceptors (Lipinski definition) is 4. The fourth-order valence-corrected chi connectivity index (χ4v) is 4.27. The van der Waals surface area contributed by atoms with Gasteiger partial charge in [0.15, 0.2) is 5.96 Å². The Kier molecular flexibility index (Phi) is 8.10. The first kappa shape index (κ1) is 22.6. The van der Waals surface area contributed by atoms with E-state index < -0.39 is 0 Å². The average molecular weight is 416 g/mol. The molecule has 3 rings (SSSR count). The Morgan fingerprint density at radius 2 is 2.17 bits per heavy atom. The van der Waals surface area contributed by atoms with Gasteiger partial charge in [0.25, 0.3) is 0 Å². The summed E-state index contributed by atoms with van der Waals surface area (Å²) in [4.78, 5) is 18.6. The number of carbonyl (C=O) groups excluding carboxylic acids is 1. The van der Waals surface area contributed by atoms with Crippen LogP contribution in [0.4, 0.5) is 0 Å². The van der Waals surface area contributed by atoms with Crippen molar-refractivity contribution < 1.29 is 9.53 Å². The van der Waals surface area contributed by atoms with E-state index in [0.717, 1.165) is 71.0 Å². The Bertz CT molecular complexity index is 730. The Morgan fingerprint density at radius 3 is 2.90 bits per heavy atom. The van der Waals surface area contributed by atoms with Crippen molar-refractivity contribution >= 4 is 11.9 Å². The lowest BCUT2D eigenvalue weighted by Crippen LogP contribution is -2.45. The van der Waals surface area contributed by atoms with Crippen molar-refractivity contribution in [2.45, 2.75) is 58.2 Å². The number of benzene rings is 1. The number of rotatable bonds is 8. The summed E-state index contributed by atoms with van der Waals surface area (Å²) < 4.78 is 5.86. The number of ether oxygens (including phenoxy) is 1. The number of carbonyl (C=O) groups is 1. The summed E-state index contributed by atoms with van der Waals surface area (Å²) in [5.74, 6) is 0.619. The van der Waals surface area contributed by atoms with Crippen LogP contribution in [-0.4, -0.2) is 55.2 Å². The van der Waals surface area contributed by atoms with Gasteiger partial charge in [-0.15, -0.1) is 0 Å². The molecular weight excluding hydrogens is 378 g/mol. The molecule has 2 heterocycles. The highest BCUT2D eigenvalue weighted by atomic mass is 16.5. The standard InChI is InChI=1S/C23H37N5O2/c1-3-25-22(27-17-23(2)10-6-12-30-23)26-14-18-7-4-8-19(13-18)15-28-11-5-9-20(16-28)21(24)29/h4,7-8,13,20H,3,5-6,9-12,14-17H2,1-2H3,(H2,24,29)(H2,25,26,27). The van der Waals surface area contributed by atoms with E-state index in [4.69, 9.17) is 15.5 Å². The van der Waals surface area contributed by atoms with Crippen LogP contribution in [0.15, 0.2) is 29.3 Å². The van der Waals surface area contributed by atoms with E-state index in [1.165, 1.54) is 11.1 Å². The molecule has 1 aromatic carbocycles. The second kappa shape index (κ2) is 10.8. The Labute approximate surface area is 180 Å². The molecule has 2 saturated heterocycles. The number of nitrogens with two attached hydrogens (primary N) is 1. The first-order chi connectivity index (χ1) is 14.5. The first-order valence-corrected chi connectivity index (χ1v) is 11.2. The van der Waals surface area contributed by atoms with Crippen molar-refractivity contribution in [3.8, 4) is 0 Å². The van der Waals surface area contributed by atoms with E-state index >= 15 is 0 Å². The molecule has 2 aliphatic rings. The molecule has 0 radical (unpaired) electrons. The third-order valence-corrected chi connectivity index (χ3v) is 6.00. The maximum absolute atomic E-state index is 11.5. The minimum absolute atomic E-state index is 0.0222. The highest BCUT2D eigenvalue weighted by Crippen LogP contribution is 2.24. The van der Waals surface area contributed by atoms with E-state index in [1.807, 2.05) is 0 Å². The second-order valence-electron chi connectivity index (χ2n) is 8.75. The number of nitrogens with one attached hydrogen (secondary N) is 2. The molecule has 0 aromatic heterocycles. The molecule has 7 heteroatoms. The van der Waals surface area contributed by atoms with Crippen LogP contribution in [0.25, 0.3) is 0 Å². The van der Waals surface area contributed by atoms with Crippen molar-refractivity contribution in [3.63, 3.8) is 0 Å². The SMILES string of the molecule is CCNC(=NCc1cccc(CN2CCCC(C(N)=O)C2)c1)NCC1(C)CCCO1. The quantitative estimate of drug-likeness (QED) is 0.446. The maximum Gasteiger partial charge on any atom is 0.221 e. The summed E-state index contributed by atoms with van der Waals surface area (Å²) in [7, 11) is 0. The zero-order valence-corrected chi connectivity index (χ0v) is 18.5. The van der Waals surface area contributed by atoms with Crippen LogP contribution in [0.5, 0.6) is 0 Å². The van der Waals surface area contributed by atoms with E-state index in [0.29, 0.717) is 6.54 Å². The number of primary amides is 1. The van der Waals surface area contributed by atoms with Crippen LogP contribution in [0.3, 0.4) is 0 Å². The average Bonchev–Trinajstić information content (AvgIpc) is 3.17.